The SMILES string of the molecule is O=C(O)c1ccc(Nc2ccc(N=Nc3ccccc3O)cc2)c([N+](=O)[O-])c1. The Morgan fingerprint density at radius 1 is 1.00 bits per heavy atom. The van der Waals surface area contributed by atoms with Crippen molar-refractivity contribution in [1.82, 2.24) is 0 Å². The van der Waals surface area contributed by atoms with E-state index in [9.17, 15) is 20.0 Å². The van der Waals surface area contributed by atoms with Crippen molar-refractivity contribution in [2.45, 2.75) is 0 Å². The molecule has 0 saturated carbocycles. The Kier molecular flexibility index (Phi) is 5.26. The fraction of sp³-hybridized carbons (Fsp3) is 0. The molecule has 140 valence electrons. The van der Waals surface area contributed by atoms with E-state index in [0.717, 1.165) is 6.07 Å². The van der Waals surface area contributed by atoms with Crippen LogP contribution in [0.2, 0.25) is 0 Å². The van der Waals surface area contributed by atoms with Gasteiger partial charge in [0, 0.05) is 11.8 Å². The highest BCUT2D eigenvalue weighted by molar-refractivity contribution is 5.90. The minimum atomic E-state index is -1.24. The molecule has 0 spiro atoms. The fourth-order valence-electron chi connectivity index (χ4n) is 2.35. The number of nitro benzene ring substituents is 1. The summed E-state index contributed by atoms with van der Waals surface area (Å²) in [7, 11) is 0. The molecule has 9 heteroatoms. The number of benzene rings is 3. The summed E-state index contributed by atoms with van der Waals surface area (Å²) in [6.45, 7) is 0. The zero-order chi connectivity index (χ0) is 20.1. The lowest BCUT2D eigenvalue weighted by Crippen LogP contribution is -2.01. The summed E-state index contributed by atoms with van der Waals surface area (Å²) in [4.78, 5) is 21.6. The first-order valence-electron chi connectivity index (χ1n) is 8.02. The van der Waals surface area contributed by atoms with E-state index in [1.807, 2.05) is 0 Å². The molecule has 0 aromatic heterocycles. The predicted octanol–water partition coefficient (Wildman–Crippen LogP) is 5.16. The minimum Gasteiger partial charge on any atom is -0.506 e. The van der Waals surface area contributed by atoms with E-state index in [2.05, 4.69) is 15.5 Å². The predicted molar refractivity (Wildman–Crippen MR) is 102 cm³/mol. The highest BCUT2D eigenvalue weighted by Gasteiger charge is 2.17. The van der Waals surface area contributed by atoms with Crippen LogP contribution >= 0.6 is 0 Å². The smallest absolute Gasteiger partial charge is 0.335 e. The molecule has 0 unspecified atom stereocenters. The number of anilines is 2. The summed E-state index contributed by atoms with van der Waals surface area (Å²) in [5.74, 6) is -1.23. The maximum atomic E-state index is 11.2. The van der Waals surface area contributed by atoms with Gasteiger partial charge in [-0.25, -0.2) is 4.79 Å². The summed E-state index contributed by atoms with van der Waals surface area (Å²) in [6.07, 6.45) is 0. The van der Waals surface area contributed by atoms with E-state index in [-0.39, 0.29) is 22.7 Å². The standard InChI is InChI=1S/C19H14N4O5/c24-18-4-2-1-3-16(18)22-21-14-8-6-13(7-9-14)20-15-10-5-12(19(25)26)11-17(15)23(27)28/h1-11,20,24H,(H,25,26). The zero-order valence-corrected chi connectivity index (χ0v) is 14.3. The van der Waals surface area contributed by atoms with Crippen LogP contribution in [0.3, 0.4) is 0 Å². The Morgan fingerprint density at radius 2 is 1.71 bits per heavy atom. The normalized spacial score (nSPS) is 10.7. The number of carbonyl (C=O) groups is 1. The maximum Gasteiger partial charge on any atom is 0.335 e. The Morgan fingerprint density at radius 3 is 2.36 bits per heavy atom. The van der Waals surface area contributed by atoms with Gasteiger partial charge in [-0.15, -0.1) is 5.11 Å². The largest absolute Gasteiger partial charge is 0.506 e. The van der Waals surface area contributed by atoms with Gasteiger partial charge >= 0.3 is 5.97 Å². The molecule has 0 aliphatic heterocycles. The monoisotopic (exact) mass is 378 g/mol. The molecule has 3 aromatic carbocycles. The number of phenolic OH excluding ortho intramolecular Hbond substituents is 1. The third-order valence-corrected chi connectivity index (χ3v) is 3.74. The van der Waals surface area contributed by atoms with Gasteiger partial charge in [-0.2, -0.15) is 5.11 Å². The number of carboxylic acids is 1. The van der Waals surface area contributed by atoms with Crippen LogP contribution < -0.4 is 5.32 Å². The quantitative estimate of drug-likeness (QED) is 0.308. The molecule has 28 heavy (non-hydrogen) atoms. The van der Waals surface area contributed by atoms with E-state index in [1.165, 1.54) is 18.2 Å². The van der Waals surface area contributed by atoms with E-state index in [4.69, 9.17) is 5.11 Å². The Labute approximate surface area is 158 Å². The molecule has 0 bridgehead atoms. The van der Waals surface area contributed by atoms with Crippen molar-refractivity contribution in [3.05, 3.63) is 82.4 Å². The summed E-state index contributed by atoms with van der Waals surface area (Å²) in [5, 5.41) is 40.7. The summed E-state index contributed by atoms with van der Waals surface area (Å²) >= 11 is 0. The van der Waals surface area contributed by atoms with Crippen molar-refractivity contribution in [1.29, 1.82) is 0 Å². The molecule has 0 fully saturated rings. The number of aromatic hydroxyl groups is 1. The Bertz CT molecular complexity index is 1060. The number of nitrogens with one attached hydrogen (secondary N) is 1. The van der Waals surface area contributed by atoms with Crippen molar-refractivity contribution in [2.75, 3.05) is 5.32 Å². The average Bonchev–Trinajstić information content (AvgIpc) is 2.68. The molecule has 0 aliphatic carbocycles. The van der Waals surface area contributed by atoms with Crippen molar-refractivity contribution in [3.8, 4) is 5.75 Å². The van der Waals surface area contributed by atoms with Gasteiger partial charge in [0.25, 0.3) is 5.69 Å². The third-order valence-electron chi connectivity index (χ3n) is 3.74. The topological polar surface area (TPSA) is 137 Å². The molecule has 0 saturated heterocycles. The summed E-state index contributed by atoms with van der Waals surface area (Å²) < 4.78 is 0. The number of azo groups is 1. The van der Waals surface area contributed by atoms with Crippen LogP contribution in [0.4, 0.5) is 28.4 Å². The fourth-order valence-corrected chi connectivity index (χ4v) is 2.35. The number of para-hydroxylation sites is 1. The van der Waals surface area contributed by atoms with Gasteiger partial charge in [0.15, 0.2) is 0 Å². The van der Waals surface area contributed by atoms with Crippen molar-refractivity contribution >= 4 is 34.4 Å². The molecule has 9 nitrogen and oxygen atoms in total. The van der Waals surface area contributed by atoms with Crippen LogP contribution in [0.1, 0.15) is 10.4 Å². The van der Waals surface area contributed by atoms with Gasteiger partial charge in [-0.05, 0) is 48.5 Å². The minimum absolute atomic E-state index is 0.0154. The Balaban J connectivity index is 1.78. The maximum absolute atomic E-state index is 11.2. The second-order valence-corrected chi connectivity index (χ2v) is 5.65. The second kappa shape index (κ2) is 7.96. The lowest BCUT2D eigenvalue weighted by atomic mass is 10.1. The van der Waals surface area contributed by atoms with Gasteiger partial charge in [-0.3, -0.25) is 10.1 Å². The molecule has 0 heterocycles. The first-order chi connectivity index (χ1) is 13.4. The highest BCUT2D eigenvalue weighted by atomic mass is 16.6. The van der Waals surface area contributed by atoms with E-state index < -0.39 is 10.9 Å². The first kappa shape index (κ1) is 18.5. The molecule has 3 N–H and O–H groups in total. The van der Waals surface area contributed by atoms with Crippen LogP contribution in [0.15, 0.2) is 77.0 Å². The number of hydrogen-bond donors (Lipinski definition) is 3. The Hall–Kier alpha value is -4.27. The lowest BCUT2D eigenvalue weighted by Gasteiger charge is -2.08. The van der Waals surface area contributed by atoms with E-state index in [1.54, 1.807) is 42.5 Å². The summed E-state index contributed by atoms with van der Waals surface area (Å²) in [6, 6.07) is 16.7. The van der Waals surface area contributed by atoms with Gasteiger partial charge < -0.3 is 15.5 Å². The molecule has 0 radical (unpaired) electrons. The molecule has 0 amide bonds. The number of rotatable bonds is 6. The van der Waals surface area contributed by atoms with Crippen molar-refractivity contribution < 1.29 is 19.9 Å². The van der Waals surface area contributed by atoms with Crippen LogP contribution in [0.5, 0.6) is 5.75 Å². The van der Waals surface area contributed by atoms with Crippen LogP contribution in [0.25, 0.3) is 0 Å². The molecule has 3 rings (SSSR count). The lowest BCUT2D eigenvalue weighted by molar-refractivity contribution is -0.383. The number of nitro groups is 1. The van der Waals surface area contributed by atoms with Crippen LogP contribution in [0, 0.1) is 10.1 Å². The van der Waals surface area contributed by atoms with Crippen LogP contribution in [-0.4, -0.2) is 21.1 Å². The number of aromatic carboxylic acids is 1. The molecular formula is C19H14N4O5. The van der Waals surface area contributed by atoms with Crippen LogP contribution in [-0.2, 0) is 0 Å². The number of carboxylic acid groups (broad SMARTS) is 1. The van der Waals surface area contributed by atoms with Gasteiger partial charge in [0.05, 0.1) is 16.2 Å². The molecule has 0 aliphatic rings. The number of phenols is 1. The van der Waals surface area contributed by atoms with Gasteiger partial charge in [0.1, 0.15) is 17.1 Å². The van der Waals surface area contributed by atoms with Gasteiger partial charge in [0.2, 0.25) is 0 Å². The zero-order valence-electron chi connectivity index (χ0n) is 14.3. The number of nitrogens with zero attached hydrogens (tertiary/aromatic N) is 3. The van der Waals surface area contributed by atoms with E-state index >= 15 is 0 Å². The summed E-state index contributed by atoms with van der Waals surface area (Å²) in [5.41, 5.74) is 1.05. The highest BCUT2D eigenvalue weighted by Crippen LogP contribution is 2.30. The average molecular weight is 378 g/mol. The molecule has 0 atom stereocenters. The van der Waals surface area contributed by atoms with E-state index in [0.29, 0.717) is 17.1 Å². The molecule has 3 aromatic rings. The number of hydrogen-bond acceptors (Lipinski definition) is 7. The first-order valence-corrected chi connectivity index (χ1v) is 8.02. The van der Waals surface area contributed by atoms with Crippen molar-refractivity contribution in [3.63, 3.8) is 0 Å². The van der Waals surface area contributed by atoms with Gasteiger partial charge in [-0.1, -0.05) is 12.1 Å². The second-order valence-electron chi connectivity index (χ2n) is 5.65. The van der Waals surface area contributed by atoms with Crippen molar-refractivity contribution in [2.24, 2.45) is 10.2 Å². The molecular weight excluding hydrogens is 364 g/mol. The third kappa shape index (κ3) is 4.28.